The molecular formula is C21H15Cl2FN4O2S. The van der Waals surface area contributed by atoms with Crippen LogP contribution in [0.1, 0.15) is 5.56 Å². The Morgan fingerprint density at radius 2 is 1.74 bits per heavy atom. The van der Waals surface area contributed by atoms with E-state index in [1.807, 2.05) is 6.26 Å². The third-order valence-corrected chi connectivity index (χ3v) is 5.70. The molecule has 0 saturated heterocycles. The quantitative estimate of drug-likeness (QED) is 0.222. The van der Waals surface area contributed by atoms with Crippen LogP contribution in [0.5, 0.6) is 0 Å². The first kappa shape index (κ1) is 21.6. The second-order valence-electron chi connectivity index (χ2n) is 6.47. The number of aliphatic hydroxyl groups excluding tert-OH is 1. The van der Waals surface area contributed by atoms with Crippen molar-refractivity contribution in [2.75, 3.05) is 6.26 Å². The van der Waals surface area contributed by atoms with Crippen molar-refractivity contribution in [3.05, 3.63) is 70.1 Å². The number of aliphatic hydroxyl groups is 1. The molecule has 0 aliphatic heterocycles. The molecule has 6 nitrogen and oxygen atoms in total. The summed E-state index contributed by atoms with van der Waals surface area (Å²) >= 11 is 14.2. The second-order valence-corrected chi connectivity index (χ2v) is 8.06. The van der Waals surface area contributed by atoms with Crippen molar-refractivity contribution in [2.45, 2.75) is 11.8 Å². The van der Waals surface area contributed by atoms with Gasteiger partial charge in [0, 0.05) is 11.8 Å². The Hall–Kier alpha value is -2.65. The predicted molar refractivity (Wildman–Crippen MR) is 119 cm³/mol. The molecule has 0 fully saturated rings. The number of thioether (sulfide) groups is 1. The number of benzene rings is 2. The average Bonchev–Trinajstić information content (AvgIpc) is 3.10. The van der Waals surface area contributed by atoms with Gasteiger partial charge < -0.3 is 10.3 Å². The minimum Gasteiger partial charge on any atom is -0.426 e. The monoisotopic (exact) mass is 476 g/mol. The fourth-order valence-corrected chi connectivity index (χ4v) is 4.17. The van der Waals surface area contributed by atoms with Crippen LogP contribution in [0.25, 0.3) is 34.0 Å². The minimum absolute atomic E-state index is 0.0816. The van der Waals surface area contributed by atoms with Gasteiger partial charge in [-0.25, -0.2) is 19.3 Å². The summed E-state index contributed by atoms with van der Waals surface area (Å²) in [7, 11) is 0. The van der Waals surface area contributed by atoms with Gasteiger partial charge in [-0.05, 0) is 54.3 Å². The van der Waals surface area contributed by atoms with E-state index in [-0.39, 0.29) is 33.7 Å². The Morgan fingerprint density at radius 3 is 2.35 bits per heavy atom. The van der Waals surface area contributed by atoms with Crippen LogP contribution in [0.15, 0.2) is 53.8 Å². The highest BCUT2D eigenvalue weighted by molar-refractivity contribution is 7.98. The topological polar surface area (TPSA) is 84.1 Å². The largest absolute Gasteiger partial charge is 0.426 e. The first-order chi connectivity index (χ1) is 14.9. The third-order valence-electron chi connectivity index (χ3n) is 4.54. The van der Waals surface area contributed by atoms with Gasteiger partial charge in [-0.2, -0.15) is 4.73 Å². The fourth-order valence-electron chi connectivity index (χ4n) is 3.11. The zero-order valence-electron chi connectivity index (χ0n) is 16.1. The number of rotatable bonds is 5. The lowest BCUT2D eigenvalue weighted by Crippen LogP contribution is -2.01. The van der Waals surface area contributed by atoms with E-state index in [1.54, 1.807) is 36.5 Å². The smallest absolute Gasteiger partial charge is 0.187 e. The van der Waals surface area contributed by atoms with Crippen LogP contribution in [-0.4, -0.2) is 36.3 Å². The van der Waals surface area contributed by atoms with Crippen LogP contribution in [0.2, 0.25) is 10.0 Å². The Bertz CT molecular complexity index is 1240. The first-order valence-electron chi connectivity index (χ1n) is 8.97. The van der Waals surface area contributed by atoms with Crippen molar-refractivity contribution >= 4 is 35.0 Å². The van der Waals surface area contributed by atoms with Crippen molar-refractivity contribution < 1.29 is 14.7 Å². The molecule has 0 atom stereocenters. The lowest BCUT2D eigenvalue weighted by Gasteiger charge is -2.09. The Morgan fingerprint density at radius 1 is 1.06 bits per heavy atom. The molecule has 2 heterocycles. The van der Waals surface area contributed by atoms with Crippen LogP contribution in [0.3, 0.4) is 0 Å². The Balaban J connectivity index is 2.00. The number of aromatic nitrogens is 4. The van der Waals surface area contributed by atoms with Crippen molar-refractivity contribution in [3.63, 3.8) is 0 Å². The highest BCUT2D eigenvalue weighted by atomic mass is 35.5. The number of halogens is 3. The van der Waals surface area contributed by atoms with Crippen molar-refractivity contribution in [1.29, 1.82) is 0 Å². The highest BCUT2D eigenvalue weighted by Crippen LogP contribution is 2.40. The lowest BCUT2D eigenvalue weighted by atomic mass is 10.1. The highest BCUT2D eigenvalue weighted by Gasteiger charge is 2.25. The number of nitrogens with zero attached hydrogens (tertiary/aromatic N) is 4. The molecule has 2 aromatic carbocycles. The maximum atomic E-state index is 13.5. The summed E-state index contributed by atoms with van der Waals surface area (Å²) in [6.45, 7) is -0.238. The molecule has 2 aromatic heterocycles. The molecule has 0 radical (unpaired) electrons. The van der Waals surface area contributed by atoms with Crippen molar-refractivity contribution in [3.8, 4) is 34.0 Å². The van der Waals surface area contributed by atoms with E-state index in [2.05, 4.69) is 15.0 Å². The van der Waals surface area contributed by atoms with Gasteiger partial charge in [0.15, 0.2) is 11.0 Å². The second kappa shape index (κ2) is 8.84. The van der Waals surface area contributed by atoms with Crippen LogP contribution in [0, 0.1) is 5.82 Å². The SMILES string of the molecule is CSc1nccc(-c2c(-c3ccc(F)cc3)nc(-c3c(Cl)cc(CO)cc3Cl)n2O)n1. The van der Waals surface area contributed by atoms with Crippen LogP contribution in [-0.2, 0) is 6.61 Å². The molecule has 0 bridgehead atoms. The molecule has 10 heteroatoms. The van der Waals surface area contributed by atoms with Crippen LogP contribution < -0.4 is 0 Å². The van der Waals surface area contributed by atoms with E-state index in [9.17, 15) is 14.7 Å². The Labute approximate surface area is 191 Å². The molecule has 4 rings (SSSR count). The minimum atomic E-state index is -0.397. The summed E-state index contributed by atoms with van der Waals surface area (Å²) in [6.07, 6.45) is 3.41. The standard InChI is InChI=1S/C21H15Cl2FN4O2S/c1-31-21-25-7-6-16(26-21)19-18(12-2-4-13(24)5-3-12)27-20(28(19)30)17-14(22)8-11(10-29)9-15(17)23/h2-9,29-30H,10H2,1H3. The van der Waals surface area contributed by atoms with Gasteiger partial charge in [-0.1, -0.05) is 35.0 Å². The third kappa shape index (κ3) is 4.12. The zero-order chi connectivity index (χ0) is 22.1. The molecule has 4 aromatic rings. The molecule has 0 spiro atoms. The van der Waals surface area contributed by atoms with Crippen molar-refractivity contribution in [1.82, 2.24) is 19.7 Å². The number of imidazole rings is 1. The lowest BCUT2D eigenvalue weighted by molar-refractivity contribution is 0.195. The predicted octanol–water partition coefficient (Wildman–Crippen LogP) is 5.57. The number of hydrogen-bond acceptors (Lipinski definition) is 6. The van der Waals surface area contributed by atoms with E-state index in [1.165, 1.54) is 23.9 Å². The molecule has 0 amide bonds. The van der Waals surface area contributed by atoms with Crippen molar-refractivity contribution in [2.24, 2.45) is 0 Å². The maximum absolute atomic E-state index is 13.5. The van der Waals surface area contributed by atoms with Gasteiger partial charge in [0.2, 0.25) is 0 Å². The Kier molecular flexibility index (Phi) is 6.15. The summed E-state index contributed by atoms with van der Waals surface area (Å²) in [5.74, 6) is -0.315. The molecular weight excluding hydrogens is 462 g/mol. The van der Waals surface area contributed by atoms with E-state index in [0.717, 1.165) is 4.73 Å². The summed E-state index contributed by atoms with van der Waals surface area (Å²) in [4.78, 5) is 13.2. The fraction of sp³-hybridized carbons (Fsp3) is 0.0952. The molecule has 2 N–H and O–H groups in total. The van der Waals surface area contributed by atoms with Crippen LogP contribution in [0.4, 0.5) is 4.39 Å². The summed E-state index contributed by atoms with van der Waals surface area (Å²) in [6, 6.07) is 10.4. The van der Waals surface area contributed by atoms with Gasteiger partial charge in [0.25, 0.3) is 0 Å². The molecule has 31 heavy (non-hydrogen) atoms. The van der Waals surface area contributed by atoms with E-state index in [4.69, 9.17) is 23.2 Å². The summed E-state index contributed by atoms with van der Waals surface area (Å²) < 4.78 is 14.4. The van der Waals surface area contributed by atoms with Gasteiger partial charge >= 0.3 is 0 Å². The van der Waals surface area contributed by atoms with E-state index < -0.39 is 5.82 Å². The molecule has 0 saturated carbocycles. The summed E-state index contributed by atoms with van der Waals surface area (Å²) in [5.41, 5.74) is 2.43. The van der Waals surface area contributed by atoms with Gasteiger partial charge in [0.05, 0.1) is 27.9 Å². The van der Waals surface area contributed by atoms with Gasteiger partial charge in [-0.15, -0.1) is 0 Å². The molecule has 0 unspecified atom stereocenters. The maximum Gasteiger partial charge on any atom is 0.187 e. The number of hydrogen-bond donors (Lipinski definition) is 2. The normalized spacial score (nSPS) is 11.1. The van der Waals surface area contributed by atoms with Gasteiger partial charge in [-0.3, -0.25) is 0 Å². The van der Waals surface area contributed by atoms with E-state index >= 15 is 0 Å². The first-order valence-corrected chi connectivity index (χ1v) is 11.0. The average molecular weight is 477 g/mol. The molecule has 0 aliphatic carbocycles. The molecule has 158 valence electrons. The van der Waals surface area contributed by atoms with E-state index in [0.29, 0.717) is 27.7 Å². The zero-order valence-corrected chi connectivity index (χ0v) is 18.4. The summed E-state index contributed by atoms with van der Waals surface area (Å²) in [5, 5.41) is 21.4. The van der Waals surface area contributed by atoms with Gasteiger partial charge in [0.1, 0.15) is 17.2 Å². The molecule has 0 aliphatic rings. The van der Waals surface area contributed by atoms with Crippen LogP contribution >= 0.6 is 35.0 Å².